The van der Waals surface area contributed by atoms with Gasteiger partial charge in [-0.2, -0.15) is 5.10 Å². The molecule has 4 rings (SSSR count). The highest BCUT2D eigenvalue weighted by Gasteiger charge is 2.17. The lowest BCUT2D eigenvalue weighted by Gasteiger charge is -2.11. The van der Waals surface area contributed by atoms with Gasteiger partial charge in [0.05, 0.1) is 18.4 Å². The van der Waals surface area contributed by atoms with Crippen LogP contribution in [-0.4, -0.2) is 34.1 Å². The fourth-order valence-electron chi connectivity index (χ4n) is 3.32. The van der Waals surface area contributed by atoms with E-state index in [0.29, 0.717) is 12.3 Å². The molecule has 27 heavy (non-hydrogen) atoms. The molecule has 1 saturated heterocycles. The van der Waals surface area contributed by atoms with Crippen LogP contribution in [0.3, 0.4) is 0 Å². The maximum Gasteiger partial charge on any atom is 0.287 e. The largest absolute Gasteiger partial charge is 0.455 e. The van der Waals surface area contributed by atoms with Gasteiger partial charge in [-0.25, -0.2) is 4.39 Å². The van der Waals surface area contributed by atoms with Crippen LogP contribution in [0.4, 0.5) is 4.39 Å². The van der Waals surface area contributed by atoms with Crippen LogP contribution in [0.2, 0.25) is 0 Å². The molecular formula is C20H21FN4O2. The van der Waals surface area contributed by atoms with Crippen molar-refractivity contribution in [2.24, 2.45) is 0 Å². The Labute approximate surface area is 156 Å². The molecule has 1 amide bonds. The van der Waals surface area contributed by atoms with Crippen molar-refractivity contribution >= 4 is 5.91 Å². The smallest absolute Gasteiger partial charge is 0.287 e. The Kier molecular flexibility index (Phi) is 5.02. The van der Waals surface area contributed by atoms with Crippen molar-refractivity contribution in [2.45, 2.75) is 25.9 Å². The SMILES string of the molecule is O=C(NCc1cn[nH]c1-c1ccc(F)cc1)c1ccc(CN2CCCC2)o1. The number of H-pyrrole nitrogens is 1. The minimum Gasteiger partial charge on any atom is -0.455 e. The number of hydrogen-bond acceptors (Lipinski definition) is 4. The number of aromatic nitrogens is 2. The van der Waals surface area contributed by atoms with Gasteiger partial charge in [0.15, 0.2) is 5.76 Å². The molecule has 140 valence electrons. The van der Waals surface area contributed by atoms with Gasteiger partial charge < -0.3 is 9.73 Å². The second kappa shape index (κ2) is 7.75. The summed E-state index contributed by atoms with van der Waals surface area (Å²) < 4.78 is 18.8. The molecule has 7 heteroatoms. The van der Waals surface area contributed by atoms with E-state index in [1.54, 1.807) is 24.4 Å². The molecular weight excluding hydrogens is 347 g/mol. The minimum absolute atomic E-state index is 0.270. The molecule has 0 unspecified atom stereocenters. The highest BCUT2D eigenvalue weighted by molar-refractivity contribution is 5.91. The van der Waals surface area contributed by atoms with Gasteiger partial charge in [-0.3, -0.25) is 14.8 Å². The standard InChI is InChI=1S/C20H21FN4O2/c21-16-5-3-14(4-6-16)19-15(12-23-24-19)11-22-20(26)18-8-7-17(27-18)13-25-9-1-2-10-25/h3-8,12H,1-2,9-11,13H2,(H,22,26)(H,23,24). The molecule has 0 atom stereocenters. The summed E-state index contributed by atoms with van der Waals surface area (Å²) in [6.07, 6.45) is 4.09. The van der Waals surface area contributed by atoms with Crippen LogP contribution in [0.25, 0.3) is 11.3 Å². The third-order valence-electron chi connectivity index (χ3n) is 4.75. The molecule has 3 aromatic rings. The molecule has 0 radical (unpaired) electrons. The summed E-state index contributed by atoms with van der Waals surface area (Å²) in [5.41, 5.74) is 2.38. The molecule has 1 fully saturated rings. The first-order valence-electron chi connectivity index (χ1n) is 9.06. The van der Waals surface area contributed by atoms with E-state index in [-0.39, 0.29) is 11.7 Å². The Hall–Kier alpha value is -2.93. The second-order valence-corrected chi connectivity index (χ2v) is 6.71. The van der Waals surface area contributed by atoms with Crippen molar-refractivity contribution in [3.63, 3.8) is 0 Å². The van der Waals surface area contributed by atoms with Crippen LogP contribution in [0.1, 0.15) is 34.7 Å². The van der Waals surface area contributed by atoms with E-state index < -0.39 is 0 Å². The van der Waals surface area contributed by atoms with Gasteiger partial charge in [-0.1, -0.05) is 0 Å². The first kappa shape index (κ1) is 17.5. The van der Waals surface area contributed by atoms with Gasteiger partial charge in [-0.15, -0.1) is 0 Å². The lowest BCUT2D eigenvalue weighted by molar-refractivity contribution is 0.0920. The number of benzene rings is 1. The third-order valence-corrected chi connectivity index (χ3v) is 4.75. The topological polar surface area (TPSA) is 74.2 Å². The normalized spacial score (nSPS) is 14.6. The molecule has 2 N–H and O–H groups in total. The summed E-state index contributed by atoms with van der Waals surface area (Å²) in [4.78, 5) is 14.7. The van der Waals surface area contributed by atoms with Crippen LogP contribution in [-0.2, 0) is 13.1 Å². The van der Waals surface area contributed by atoms with Crippen molar-refractivity contribution in [1.82, 2.24) is 20.4 Å². The molecule has 0 aliphatic carbocycles. The zero-order chi connectivity index (χ0) is 18.6. The van der Waals surface area contributed by atoms with Crippen LogP contribution in [0, 0.1) is 5.82 Å². The van der Waals surface area contributed by atoms with Gasteiger partial charge in [0.2, 0.25) is 0 Å². The molecule has 2 aromatic heterocycles. The Balaban J connectivity index is 1.38. The number of rotatable bonds is 6. The number of aromatic amines is 1. The number of hydrogen-bond donors (Lipinski definition) is 2. The van der Waals surface area contributed by atoms with Crippen molar-refractivity contribution in [3.05, 3.63) is 65.5 Å². The molecule has 3 heterocycles. The van der Waals surface area contributed by atoms with Gasteiger partial charge >= 0.3 is 0 Å². The summed E-state index contributed by atoms with van der Waals surface area (Å²) in [6.45, 7) is 3.19. The molecule has 6 nitrogen and oxygen atoms in total. The summed E-state index contributed by atoms with van der Waals surface area (Å²) in [5, 5.41) is 9.78. The van der Waals surface area contributed by atoms with Gasteiger partial charge in [-0.05, 0) is 62.3 Å². The first-order chi connectivity index (χ1) is 13.2. The number of amides is 1. The fraction of sp³-hybridized carbons (Fsp3) is 0.300. The number of furan rings is 1. The number of carbonyl (C=O) groups is 1. The number of carbonyl (C=O) groups excluding carboxylic acids is 1. The fourth-order valence-corrected chi connectivity index (χ4v) is 3.32. The maximum atomic E-state index is 13.1. The Bertz CT molecular complexity index is 910. The van der Waals surface area contributed by atoms with Gasteiger partial charge in [0, 0.05) is 17.7 Å². The maximum absolute atomic E-state index is 13.1. The predicted molar refractivity (Wildman–Crippen MR) is 98.4 cm³/mol. The molecule has 0 spiro atoms. The zero-order valence-electron chi connectivity index (χ0n) is 14.9. The number of halogens is 1. The molecule has 1 aromatic carbocycles. The van der Waals surface area contributed by atoms with Gasteiger partial charge in [0.1, 0.15) is 11.6 Å². The second-order valence-electron chi connectivity index (χ2n) is 6.71. The number of likely N-dealkylation sites (tertiary alicyclic amines) is 1. The molecule has 1 aliphatic rings. The van der Waals surface area contributed by atoms with Crippen LogP contribution >= 0.6 is 0 Å². The summed E-state index contributed by atoms with van der Waals surface area (Å²) in [7, 11) is 0. The Morgan fingerprint density at radius 1 is 1.19 bits per heavy atom. The van der Waals surface area contributed by atoms with Crippen molar-refractivity contribution in [1.29, 1.82) is 0 Å². The molecule has 0 bridgehead atoms. The number of nitrogens with zero attached hydrogens (tertiary/aromatic N) is 2. The first-order valence-corrected chi connectivity index (χ1v) is 9.06. The van der Waals surface area contributed by atoms with Crippen LogP contribution < -0.4 is 5.32 Å². The van der Waals surface area contributed by atoms with E-state index in [4.69, 9.17) is 4.42 Å². The van der Waals surface area contributed by atoms with E-state index in [1.807, 2.05) is 6.07 Å². The lowest BCUT2D eigenvalue weighted by atomic mass is 10.1. The minimum atomic E-state index is -0.296. The van der Waals surface area contributed by atoms with Crippen LogP contribution in [0.5, 0.6) is 0 Å². The summed E-state index contributed by atoms with van der Waals surface area (Å²) in [6, 6.07) is 9.69. The van der Waals surface area contributed by atoms with E-state index in [9.17, 15) is 9.18 Å². The summed E-state index contributed by atoms with van der Waals surface area (Å²) in [5.74, 6) is 0.540. The van der Waals surface area contributed by atoms with Crippen molar-refractivity contribution in [2.75, 3.05) is 13.1 Å². The van der Waals surface area contributed by atoms with E-state index in [1.165, 1.54) is 25.0 Å². The average Bonchev–Trinajstić information content (AvgIpc) is 3.43. The van der Waals surface area contributed by atoms with Crippen LogP contribution in [0.15, 0.2) is 47.0 Å². The van der Waals surface area contributed by atoms with Crippen molar-refractivity contribution < 1.29 is 13.6 Å². The van der Waals surface area contributed by atoms with E-state index in [0.717, 1.165) is 42.2 Å². The Morgan fingerprint density at radius 3 is 2.74 bits per heavy atom. The van der Waals surface area contributed by atoms with Gasteiger partial charge in [0.25, 0.3) is 5.91 Å². The van der Waals surface area contributed by atoms with E-state index >= 15 is 0 Å². The predicted octanol–water partition coefficient (Wildman–Crippen LogP) is 3.33. The summed E-state index contributed by atoms with van der Waals surface area (Å²) >= 11 is 0. The lowest BCUT2D eigenvalue weighted by Crippen LogP contribution is -2.22. The molecule has 1 aliphatic heterocycles. The molecule has 0 saturated carbocycles. The van der Waals surface area contributed by atoms with Crippen molar-refractivity contribution in [3.8, 4) is 11.3 Å². The quantitative estimate of drug-likeness (QED) is 0.700. The Morgan fingerprint density at radius 2 is 1.96 bits per heavy atom. The monoisotopic (exact) mass is 368 g/mol. The number of nitrogens with one attached hydrogen (secondary N) is 2. The third kappa shape index (κ3) is 4.09. The highest BCUT2D eigenvalue weighted by atomic mass is 19.1. The highest BCUT2D eigenvalue weighted by Crippen LogP contribution is 2.21. The van der Waals surface area contributed by atoms with E-state index in [2.05, 4.69) is 20.4 Å². The average molecular weight is 368 g/mol. The zero-order valence-corrected chi connectivity index (χ0v) is 14.9.